The number of aliphatic hydroxyl groups is 1. The van der Waals surface area contributed by atoms with Gasteiger partial charge in [-0.2, -0.15) is 0 Å². The van der Waals surface area contributed by atoms with Gasteiger partial charge in [-0.3, -0.25) is 14.6 Å². The number of anilines is 3. The Bertz CT molecular complexity index is 1570. The summed E-state index contributed by atoms with van der Waals surface area (Å²) in [5.74, 6) is -0.548. The van der Waals surface area contributed by atoms with Crippen LogP contribution >= 0.6 is 0 Å². The largest absolute Gasteiger partial charge is 0.506 e. The molecular formula is C31H34N4O8. The van der Waals surface area contributed by atoms with Gasteiger partial charge in [0.2, 0.25) is 11.5 Å². The maximum atomic E-state index is 13.1. The van der Waals surface area contributed by atoms with Crippen molar-refractivity contribution in [3.8, 4) is 5.75 Å². The number of carbonyl (C=O) groups excluding carboxylic acids is 3. The molecule has 0 radical (unpaired) electrons. The molecule has 0 atom stereocenters. The second-order valence-electron chi connectivity index (χ2n) is 9.27. The van der Waals surface area contributed by atoms with E-state index in [4.69, 9.17) is 18.9 Å². The summed E-state index contributed by atoms with van der Waals surface area (Å²) in [7, 11) is 5.76. The summed E-state index contributed by atoms with van der Waals surface area (Å²) in [5.41, 5.74) is 3.01. The van der Waals surface area contributed by atoms with Crippen molar-refractivity contribution in [1.82, 2.24) is 0 Å². The third-order valence-electron chi connectivity index (χ3n) is 6.24. The number of hydrogen-bond acceptors (Lipinski definition) is 9. The Labute approximate surface area is 249 Å². The lowest BCUT2D eigenvalue weighted by Gasteiger charge is -2.15. The van der Waals surface area contributed by atoms with E-state index in [1.54, 1.807) is 44.2 Å². The number of urea groups is 1. The minimum atomic E-state index is -0.873. The number of Topliss-reactive ketones (excluding diaryl/α,β-unsaturated/α-hetero) is 1. The lowest BCUT2D eigenvalue weighted by molar-refractivity contribution is -0.132. The van der Waals surface area contributed by atoms with E-state index in [-0.39, 0.29) is 23.5 Å². The van der Waals surface area contributed by atoms with E-state index >= 15 is 0 Å². The molecule has 0 aliphatic heterocycles. The van der Waals surface area contributed by atoms with E-state index in [0.717, 1.165) is 5.56 Å². The van der Waals surface area contributed by atoms with Gasteiger partial charge in [0, 0.05) is 28.7 Å². The van der Waals surface area contributed by atoms with Crippen LogP contribution in [-0.2, 0) is 23.8 Å². The van der Waals surface area contributed by atoms with E-state index < -0.39 is 17.7 Å². The van der Waals surface area contributed by atoms with Crippen molar-refractivity contribution in [2.75, 3.05) is 44.4 Å². The van der Waals surface area contributed by atoms with Gasteiger partial charge in [0.25, 0.3) is 5.91 Å². The Kier molecular flexibility index (Phi) is 10.7. The number of nitrogens with one attached hydrogen (secondary N) is 3. The van der Waals surface area contributed by atoms with Gasteiger partial charge in [0.15, 0.2) is 11.5 Å². The number of aliphatic hydroxyl groups excluding tert-OH is 1. The predicted octanol–water partition coefficient (Wildman–Crippen LogP) is 5.39. The molecule has 0 unspecified atom stereocenters. The first-order valence-corrected chi connectivity index (χ1v) is 12.9. The molecule has 43 heavy (non-hydrogen) atoms. The average molecular weight is 591 g/mol. The number of allylic oxidation sites excluding steroid dienone is 2. The fourth-order valence-corrected chi connectivity index (χ4v) is 4.41. The summed E-state index contributed by atoms with van der Waals surface area (Å²) >= 11 is 0. The van der Waals surface area contributed by atoms with E-state index in [1.807, 2.05) is 0 Å². The van der Waals surface area contributed by atoms with Crippen molar-refractivity contribution < 1.29 is 38.4 Å². The maximum Gasteiger partial charge on any atom is 0.323 e. The van der Waals surface area contributed by atoms with Gasteiger partial charge < -0.3 is 40.0 Å². The van der Waals surface area contributed by atoms with Gasteiger partial charge in [0.05, 0.1) is 40.2 Å². The summed E-state index contributed by atoms with van der Waals surface area (Å²) in [6, 6.07) is 7.51. The smallest absolute Gasteiger partial charge is 0.323 e. The van der Waals surface area contributed by atoms with Gasteiger partial charge in [-0.05, 0) is 74.5 Å². The molecule has 226 valence electrons. The van der Waals surface area contributed by atoms with Crippen LogP contribution in [-0.4, -0.2) is 58.0 Å². The summed E-state index contributed by atoms with van der Waals surface area (Å²) in [5, 5.41) is 18.3. The Morgan fingerprint density at radius 3 is 2.12 bits per heavy atom. The molecule has 0 heterocycles. The molecule has 3 amide bonds. The van der Waals surface area contributed by atoms with Crippen LogP contribution in [0.15, 0.2) is 76.5 Å². The molecule has 4 N–H and O–H groups in total. The first-order valence-electron chi connectivity index (χ1n) is 12.9. The first-order chi connectivity index (χ1) is 20.5. The number of aliphatic imine (C=N–C) groups is 1. The molecule has 12 heteroatoms. The molecule has 12 nitrogen and oxygen atoms in total. The third kappa shape index (κ3) is 7.82. The maximum absolute atomic E-state index is 13.1. The Balaban J connectivity index is 1.76. The van der Waals surface area contributed by atoms with Crippen LogP contribution in [0.1, 0.15) is 23.1 Å². The number of ketones is 1. The van der Waals surface area contributed by atoms with Crippen molar-refractivity contribution in [2.45, 2.75) is 20.3 Å². The standard InChI is InChI=1S/C31H34N4O8/c1-17-10-20(33-30(38)28(37)19-8-9-24(40-4)29(43-7)26(13-19)42-6)14-21(11-17)34-31(39)35-22-12-18(2)27(23(36)16-32-3)25(15-22)41-5/h9-16,36H,3,8H2,1-2,4-7H3,(H,33,38)(H2,34,35,39)/b23-16-. The Hall–Kier alpha value is -5.52. The van der Waals surface area contributed by atoms with Gasteiger partial charge in [0.1, 0.15) is 11.5 Å². The van der Waals surface area contributed by atoms with Crippen LogP contribution < -0.4 is 20.7 Å². The van der Waals surface area contributed by atoms with Gasteiger partial charge in [-0.25, -0.2) is 4.79 Å². The highest BCUT2D eigenvalue weighted by Gasteiger charge is 2.24. The highest BCUT2D eigenvalue weighted by Crippen LogP contribution is 2.32. The lowest BCUT2D eigenvalue weighted by Crippen LogP contribution is -2.25. The minimum Gasteiger partial charge on any atom is -0.506 e. The van der Waals surface area contributed by atoms with Crippen LogP contribution in [0.5, 0.6) is 5.75 Å². The van der Waals surface area contributed by atoms with Gasteiger partial charge >= 0.3 is 6.03 Å². The van der Waals surface area contributed by atoms with Crippen molar-refractivity contribution in [3.63, 3.8) is 0 Å². The topological polar surface area (TPSA) is 157 Å². The zero-order valence-corrected chi connectivity index (χ0v) is 24.8. The second kappa shape index (κ2) is 14.4. The summed E-state index contributed by atoms with van der Waals surface area (Å²) in [6.07, 6.45) is 4.37. The molecule has 0 fully saturated rings. The Morgan fingerprint density at radius 1 is 0.884 bits per heavy atom. The number of amides is 3. The third-order valence-corrected chi connectivity index (χ3v) is 6.24. The first kappa shape index (κ1) is 32.0. The summed E-state index contributed by atoms with van der Waals surface area (Å²) in [6.45, 7) is 6.85. The SMILES string of the molecule is C=N/C=C(\O)c1c(C)cc(NC(=O)Nc2cc(C)cc(NC(=O)C(=O)C3=CC(OC)=C(OC)C(OC)=CC3)c2)cc1OC. The number of carbonyl (C=O) groups is 3. The molecule has 0 saturated heterocycles. The molecule has 1 aliphatic carbocycles. The van der Waals surface area contributed by atoms with Crippen LogP contribution in [0.4, 0.5) is 21.9 Å². The molecule has 2 aromatic rings. The van der Waals surface area contributed by atoms with Crippen molar-refractivity contribution in [1.29, 1.82) is 0 Å². The molecule has 0 saturated carbocycles. The van der Waals surface area contributed by atoms with Gasteiger partial charge in [-0.1, -0.05) is 0 Å². The van der Waals surface area contributed by atoms with Crippen molar-refractivity contribution >= 4 is 47.3 Å². The minimum absolute atomic E-state index is 0.113. The van der Waals surface area contributed by atoms with E-state index in [2.05, 4.69) is 27.7 Å². The number of benzene rings is 2. The molecule has 2 aromatic carbocycles. The van der Waals surface area contributed by atoms with Crippen LogP contribution in [0.25, 0.3) is 5.76 Å². The van der Waals surface area contributed by atoms with Crippen LogP contribution in [0.3, 0.4) is 0 Å². The zero-order chi connectivity index (χ0) is 31.7. The predicted molar refractivity (Wildman–Crippen MR) is 164 cm³/mol. The number of ether oxygens (including phenoxy) is 4. The second-order valence-corrected chi connectivity index (χ2v) is 9.27. The number of hydrogen-bond donors (Lipinski definition) is 4. The summed E-state index contributed by atoms with van der Waals surface area (Å²) in [4.78, 5) is 42.4. The molecule has 0 bridgehead atoms. The number of rotatable bonds is 11. The fraction of sp³-hybridized carbons (Fsp3) is 0.226. The van der Waals surface area contributed by atoms with Crippen molar-refractivity contribution in [2.24, 2.45) is 4.99 Å². The van der Waals surface area contributed by atoms with E-state index in [9.17, 15) is 19.5 Å². The average Bonchev–Trinajstić information content (AvgIpc) is 3.14. The number of aryl methyl sites for hydroxylation is 2. The summed E-state index contributed by atoms with van der Waals surface area (Å²) < 4.78 is 21.4. The van der Waals surface area contributed by atoms with Gasteiger partial charge in [-0.15, -0.1) is 0 Å². The monoisotopic (exact) mass is 590 g/mol. The van der Waals surface area contributed by atoms with E-state index in [1.165, 1.54) is 46.8 Å². The van der Waals surface area contributed by atoms with E-state index in [0.29, 0.717) is 45.5 Å². The number of nitrogens with zero attached hydrogens (tertiary/aromatic N) is 1. The van der Waals surface area contributed by atoms with Crippen molar-refractivity contribution in [3.05, 3.63) is 88.2 Å². The molecule has 1 aliphatic rings. The molecule has 0 aromatic heterocycles. The lowest BCUT2D eigenvalue weighted by atomic mass is 10.0. The molecule has 0 spiro atoms. The normalized spacial score (nSPS) is 13.1. The van der Waals surface area contributed by atoms with Crippen LogP contribution in [0, 0.1) is 13.8 Å². The zero-order valence-electron chi connectivity index (χ0n) is 24.8. The highest BCUT2D eigenvalue weighted by atomic mass is 16.5. The fourth-order valence-electron chi connectivity index (χ4n) is 4.41. The molecular weight excluding hydrogens is 556 g/mol. The quantitative estimate of drug-likeness (QED) is 0.154. The Morgan fingerprint density at radius 2 is 1.53 bits per heavy atom. The van der Waals surface area contributed by atoms with Crippen LogP contribution in [0.2, 0.25) is 0 Å². The highest BCUT2D eigenvalue weighted by molar-refractivity contribution is 6.46. The number of methoxy groups -OCH3 is 4. The molecule has 3 rings (SSSR count).